The third-order valence-corrected chi connectivity index (χ3v) is 11.6. The molecule has 0 aromatic heterocycles. The second-order valence-electron chi connectivity index (χ2n) is 13.2. The van der Waals surface area contributed by atoms with E-state index in [-0.39, 0.29) is 94.3 Å². The summed E-state index contributed by atoms with van der Waals surface area (Å²) < 4.78 is 77.1. The van der Waals surface area contributed by atoms with Crippen molar-refractivity contribution in [3.05, 3.63) is 11.6 Å². The van der Waals surface area contributed by atoms with Gasteiger partial charge in [0, 0.05) is 0 Å². The van der Waals surface area contributed by atoms with Gasteiger partial charge in [0.15, 0.2) is 0 Å². The number of rotatable bonds is 10. The molecule has 0 bridgehead atoms. The SMILES string of the molecule is CC(C)CCC[C@@H](COS(=O)(=O)[O-])[C@H]1CCC2C3CC[C@@H]4[C@H](O)[C@H](OS(=O)(=O)[O-])CC[C@]4(C)C3=CC[C@@]21C.[Na+].[Na+]. The molecule has 4 aliphatic rings. The molecule has 220 valence electrons. The van der Waals surface area contributed by atoms with E-state index in [1.807, 2.05) is 0 Å². The van der Waals surface area contributed by atoms with Crippen LogP contribution in [0, 0.1) is 46.3 Å². The van der Waals surface area contributed by atoms with Crippen LogP contribution in [0.4, 0.5) is 0 Å². The quantitative estimate of drug-likeness (QED) is 0.130. The van der Waals surface area contributed by atoms with Crippen molar-refractivity contribution in [1.82, 2.24) is 0 Å². The normalized spacial score (nSPS) is 38.2. The molecule has 0 spiro atoms. The Morgan fingerprint density at radius 3 is 2.23 bits per heavy atom. The Hall–Kier alpha value is 1.44. The van der Waals surface area contributed by atoms with E-state index in [0.717, 1.165) is 51.4 Å². The third-order valence-electron chi connectivity index (χ3n) is 10.7. The average molecular weight is 623 g/mol. The molecule has 0 aliphatic heterocycles. The summed E-state index contributed by atoms with van der Waals surface area (Å²) in [6, 6.07) is 0. The van der Waals surface area contributed by atoms with E-state index in [1.165, 1.54) is 5.57 Å². The standard InChI is InChI=1S/C27H46O9S2.2Na/c1-17(2)6-5-7-18(16-35-37(29,30)31)20-10-11-21-19-8-9-23-25(28)24(36-38(32,33)34)13-15-27(23,4)22(19)12-14-26(20,21)3;;/h12,17-21,23-25,28H,5-11,13-16H2,1-4H3,(H,29,30,31)(H,32,33,34);;/q;2*+1/p-2/t18-,19?,20+,21?,23+,24+,25-,26+,27+;;/m0../s1. The van der Waals surface area contributed by atoms with E-state index in [0.29, 0.717) is 30.6 Å². The fourth-order valence-corrected chi connectivity index (χ4v) is 9.85. The van der Waals surface area contributed by atoms with E-state index in [9.17, 15) is 31.0 Å². The zero-order chi connectivity index (χ0) is 28.1. The van der Waals surface area contributed by atoms with Gasteiger partial charge in [-0.3, -0.25) is 8.37 Å². The summed E-state index contributed by atoms with van der Waals surface area (Å²) in [5.41, 5.74) is 1.02. The van der Waals surface area contributed by atoms with Crippen molar-refractivity contribution in [1.29, 1.82) is 0 Å². The Kier molecular flexibility index (Phi) is 13.4. The molecular weight excluding hydrogens is 578 g/mol. The molecule has 1 N–H and O–H groups in total. The second-order valence-corrected chi connectivity index (χ2v) is 15.3. The van der Waals surface area contributed by atoms with Gasteiger partial charge in [0.1, 0.15) is 6.10 Å². The number of allylic oxidation sites excluding steroid dienone is 2. The summed E-state index contributed by atoms with van der Waals surface area (Å²) in [6.45, 7) is 8.75. The van der Waals surface area contributed by atoms with Crippen molar-refractivity contribution in [3.8, 4) is 0 Å². The van der Waals surface area contributed by atoms with Gasteiger partial charge < -0.3 is 14.2 Å². The first-order valence-corrected chi connectivity index (χ1v) is 16.8. The van der Waals surface area contributed by atoms with Gasteiger partial charge in [-0.15, -0.1) is 0 Å². The number of hydrogen-bond donors (Lipinski definition) is 1. The molecular formula is C27H44Na2O9S2. The summed E-state index contributed by atoms with van der Waals surface area (Å²) in [6.07, 6.45) is 8.55. The van der Waals surface area contributed by atoms with Crippen LogP contribution < -0.4 is 59.1 Å². The first-order chi connectivity index (χ1) is 17.6. The molecule has 4 rings (SSSR count). The van der Waals surface area contributed by atoms with Gasteiger partial charge in [-0.05, 0) is 97.7 Å². The monoisotopic (exact) mass is 622 g/mol. The van der Waals surface area contributed by atoms with Crippen LogP contribution in [0.1, 0.15) is 91.9 Å². The second kappa shape index (κ2) is 14.3. The van der Waals surface area contributed by atoms with E-state index in [1.54, 1.807) is 0 Å². The first-order valence-electron chi connectivity index (χ1n) is 14.2. The minimum absolute atomic E-state index is 0. The van der Waals surface area contributed by atoms with Crippen molar-refractivity contribution < 1.29 is 98.5 Å². The fourth-order valence-electron chi connectivity index (χ4n) is 9.00. The van der Waals surface area contributed by atoms with Gasteiger partial charge in [0.05, 0.1) is 12.7 Å². The van der Waals surface area contributed by atoms with Gasteiger partial charge in [0.25, 0.3) is 0 Å². The molecule has 9 nitrogen and oxygen atoms in total. The Labute approximate surface area is 285 Å². The molecule has 0 saturated heterocycles. The van der Waals surface area contributed by atoms with Crippen LogP contribution in [-0.4, -0.2) is 49.9 Å². The molecule has 0 aromatic carbocycles. The smallest absolute Gasteiger partial charge is 0.726 e. The Morgan fingerprint density at radius 1 is 0.975 bits per heavy atom. The van der Waals surface area contributed by atoms with Crippen LogP contribution in [0.15, 0.2) is 11.6 Å². The fraction of sp³-hybridized carbons (Fsp3) is 0.926. The number of hydrogen-bond acceptors (Lipinski definition) is 9. The molecule has 4 aliphatic carbocycles. The summed E-state index contributed by atoms with van der Waals surface area (Å²) >= 11 is 0. The van der Waals surface area contributed by atoms with Crippen molar-refractivity contribution >= 4 is 20.8 Å². The van der Waals surface area contributed by atoms with Crippen LogP contribution in [0.25, 0.3) is 0 Å². The Bertz CT molecular complexity index is 1110. The zero-order valence-corrected chi connectivity index (χ0v) is 30.6. The van der Waals surface area contributed by atoms with Gasteiger partial charge in [-0.25, -0.2) is 16.8 Å². The molecule has 9 atom stereocenters. The average Bonchev–Trinajstić information content (AvgIpc) is 3.14. The van der Waals surface area contributed by atoms with Crippen LogP contribution >= 0.6 is 0 Å². The predicted molar refractivity (Wildman–Crippen MR) is 139 cm³/mol. The minimum atomic E-state index is -4.89. The van der Waals surface area contributed by atoms with Crippen LogP contribution in [0.3, 0.4) is 0 Å². The summed E-state index contributed by atoms with van der Waals surface area (Å²) in [4.78, 5) is 0. The van der Waals surface area contributed by atoms with Crippen LogP contribution in [-0.2, 0) is 29.2 Å². The third kappa shape index (κ3) is 8.17. The largest absolute Gasteiger partial charge is 1.00 e. The molecule has 40 heavy (non-hydrogen) atoms. The van der Waals surface area contributed by atoms with Crippen LogP contribution in [0.2, 0.25) is 0 Å². The number of fused-ring (bicyclic) bond motifs is 5. The molecule has 2 unspecified atom stereocenters. The topological polar surface area (TPSA) is 153 Å². The Balaban J connectivity index is 0.00000280. The minimum Gasteiger partial charge on any atom is -0.726 e. The maximum Gasteiger partial charge on any atom is 1.00 e. The molecule has 13 heteroatoms. The first kappa shape index (κ1) is 37.6. The van der Waals surface area contributed by atoms with E-state index in [2.05, 4.69) is 33.8 Å². The van der Waals surface area contributed by atoms with E-state index < -0.39 is 33.0 Å². The molecule has 3 fully saturated rings. The van der Waals surface area contributed by atoms with E-state index in [4.69, 9.17) is 8.37 Å². The summed E-state index contributed by atoms with van der Waals surface area (Å²) in [5, 5.41) is 11.0. The van der Waals surface area contributed by atoms with Gasteiger partial charge in [-0.2, -0.15) is 0 Å². The molecule has 0 heterocycles. The maximum absolute atomic E-state index is 11.3. The van der Waals surface area contributed by atoms with Crippen molar-refractivity contribution in [3.63, 3.8) is 0 Å². The number of aliphatic hydroxyl groups excluding tert-OH is 1. The van der Waals surface area contributed by atoms with Crippen LogP contribution in [0.5, 0.6) is 0 Å². The number of aliphatic hydroxyl groups is 1. The molecule has 0 radical (unpaired) electrons. The van der Waals surface area contributed by atoms with Crippen molar-refractivity contribution in [2.45, 2.75) is 104 Å². The van der Waals surface area contributed by atoms with Gasteiger partial charge in [0.2, 0.25) is 20.8 Å². The zero-order valence-electron chi connectivity index (χ0n) is 25.0. The molecule has 0 amide bonds. The maximum atomic E-state index is 11.3. The van der Waals surface area contributed by atoms with Crippen molar-refractivity contribution in [2.75, 3.05) is 6.61 Å². The molecule has 0 aromatic rings. The summed E-state index contributed by atoms with van der Waals surface area (Å²) in [5.74, 6) is 1.38. The summed E-state index contributed by atoms with van der Waals surface area (Å²) in [7, 11) is -9.64. The van der Waals surface area contributed by atoms with Gasteiger partial charge >= 0.3 is 59.1 Å². The van der Waals surface area contributed by atoms with Gasteiger partial charge in [-0.1, -0.05) is 52.2 Å². The molecule has 3 saturated carbocycles. The van der Waals surface area contributed by atoms with Crippen molar-refractivity contribution in [2.24, 2.45) is 46.3 Å². The Morgan fingerprint density at radius 2 is 1.62 bits per heavy atom. The predicted octanol–water partition coefficient (Wildman–Crippen LogP) is -1.69. The van der Waals surface area contributed by atoms with E-state index >= 15 is 0 Å².